The molecule has 1 aromatic heterocycles. The Hall–Kier alpha value is -0.880. The van der Waals surface area contributed by atoms with E-state index in [4.69, 9.17) is 4.74 Å². The van der Waals surface area contributed by atoms with Gasteiger partial charge in [-0.15, -0.1) is 0 Å². The lowest BCUT2D eigenvalue weighted by molar-refractivity contribution is -0.116. The van der Waals surface area contributed by atoms with Crippen LogP contribution in [0.1, 0.15) is 30.0 Å². The lowest BCUT2D eigenvalue weighted by Gasteiger charge is -2.42. The third kappa shape index (κ3) is 3.17. The van der Waals surface area contributed by atoms with E-state index in [1.54, 1.807) is 11.7 Å². The molecular formula is C13H20BrN3O2. The molecule has 106 valence electrons. The van der Waals surface area contributed by atoms with Crippen LogP contribution in [0.25, 0.3) is 0 Å². The molecule has 0 saturated carbocycles. The van der Waals surface area contributed by atoms with Crippen LogP contribution in [0, 0.1) is 6.92 Å². The van der Waals surface area contributed by atoms with E-state index in [9.17, 15) is 4.79 Å². The molecule has 1 atom stereocenters. The first-order valence-corrected chi connectivity index (χ1v) is 7.48. The summed E-state index contributed by atoms with van der Waals surface area (Å²) in [5, 5.41) is 4.96. The average molecular weight is 330 g/mol. The number of ether oxygens (including phenoxy) is 1. The first-order valence-electron chi connectivity index (χ1n) is 6.36. The van der Waals surface area contributed by atoms with E-state index in [0.717, 1.165) is 11.0 Å². The highest BCUT2D eigenvalue weighted by atomic mass is 79.9. The number of amides is 1. The van der Waals surface area contributed by atoms with E-state index in [2.05, 4.69) is 21.0 Å². The van der Waals surface area contributed by atoms with Gasteiger partial charge in [-0.1, -0.05) is 15.9 Å². The standard InChI is InChI=1S/C13H20BrN3O2/c1-9-5-11(16(4)15-9)12(18)17-7-10(6-14)19-13(2,3)8-17/h5,10H,6-8H2,1-4H3. The highest BCUT2D eigenvalue weighted by Crippen LogP contribution is 2.23. The van der Waals surface area contributed by atoms with Crippen LogP contribution in [0.15, 0.2) is 6.07 Å². The van der Waals surface area contributed by atoms with Gasteiger partial charge in [-0.2, -0.15) is 5.10 Å². The van der Waals surface area contributed by atoms with Crippen molar-refractivity contribution in [2.45, 2.75) is 32.5 Å². The summed E-state index contributed by atoms with van der Waals surface area (Å²) in [5.74, 6) is 0.0189. The summed E-state index contributed by atoms with van der Waals surface area (Å²) in [4.78, 5) is 14.4. The Balaban J connectivity index is 2.21. The number of carbonyl (C=O) groups is 1. The van der Waals surface area contributed by atoms with Crippen LogP contribution in [0.5, 0.6) is 0 Å². The van der Waals surface area contributed by atoms with Crippen LogP contribution in [-0.2, 0) is 11.8 Å². The van der Waals surface area contributed by atoms with Gasteiger partial charge < -0.3 is 9.64 Å². The number of hydrogen-bond acceptors (Lipinski definition) is 3. The van der Waals surface area contributed by atoms with Crippen molar-refractivity contribution in [2.24, 2.45) is 7.05 Å². The molecule has 0 bridgehead atoms. The van der Waals surface area contributed by atoms with Crippen molar-refractivity contribution in [1.29, 1.82) is 0 Å². The maximum absolute atomic E-state index is 12.6. The third-order valence-electron chi connectivity index (χ3n) is 3.16. The maximum atomic E-state index is 12.6. The Kier molecular flexibility index (Phi) is 4.01. The molecule has 0 radical (unpaired) electrons. The SMILES string of the molecule is Cc1cc(C(=O)N2CC(CBr)OC(C)(C)C2)n(C)n1. The van der Waals surface area contributed by atoms with Crippen molar-refractivity contribution in [3.63, 3.8) is 0 Å². The van der Waals surface area contributed by atoms with Crippen molar-refractivity contribution in [3.8, 4) is 0 Å². The second kappa shape index (κ2) is 5.25. The molecule has 1 amide bonds. The number of hydrogen-bond donors (Lipinski definition) is 0. The Labute approximate surface area is 122 Å². The molecule has 1 aliphatic heterocycles. The zero-order valence-electron chi connectivity index (χ0n) is 11.8. The van der Waals surface area contributed by atoms with Crippen molar-refractivity contribution >= 4 is 21.8 Å². The minimum atomic E-state index is -0.319. The number of alkyl halides is 1. The largest absolute Gasteiger partial charge is 0.368 e. The Morgan fingerprint density at radius 3 is 2.84 bits per heavy atom. The van der Waals surface area contributed by atoms with Crippen LogP contribution in [0.4, 0.5) is 0 Å². The van der Waals surface area contributed by atoms with Crippen LogP contribution in [0.2, 0.25) is 0 Å². The summed E-state index contributed by atoms with van der Waals surface area (Å²) in [7, 11) is 1.80. The van der Waals surface area contributed by atoms with Crippen LogP contribution >= 0.6 is 15.9 Å². The lowest BCUT2D eigenvalue weighted by atomic mass is 10.1. The second-order valence-electron chi connectivity index (χ2n) is 5.63. The molecule has 0 N–H and O–H groups in total. The smallest absolute Gasteiger partial charge is 0.272 e. The fourth-order valence-corrected chi connectivity index (χ4v) is 2.84. The summed E-state index contributed by atoms with van der Waals surface area (Å²) in [6, 6.07) is 1.83. The summed E-state index contributed by atoms with van der Waals surface area (Å²) in [6.07, 6.45) is 0.0297. The van der Waals surface area contributed by atoms with E-state index < -0.39 is 0 Å². The molecule has 1 saturated heterocycles. The molecule has 2 heterocycles. The molecule has 1 aliphatic rings. The van der Waals surface area contributed by atoms with E-state index in [1.807, 2.05) is 31.7 Å². The summed E-state index contributed by atoms with van der Waals surface area (Å²) < 4.78 is 7.55. The van der Waals surface area contributed by atoms with E-state index in [-0.39, 0.29) is 17.6 Å². The number of aromatic nitrogens is 2. The van der Waals surface area contributed by atoms with Crippen molar-refractivity contribution < 1.29 is 9.53 Å². The fraction of sp³-hybridized carbons (Fsp3) is 0.692. The maximum Gasteiger partial charge on any atom is 0.272 e. The predicted octanol–water partition coefficient (Wildman–Crippen LogP) is 1.74. The first-order chi connectivity index (χ1) is 8.82. The van der Waals surface area contributed by atoms with E-state index in [0.29, 0.717) is 18.8 Å². The minimum absolute atomic E-state index is 0.0189. The zero-order valence-corrected chi connectivity index (χ0v) is 13.4. The van der Waals surface area contributed by atoms with E-state index in [1.165, 1.54) is 0 Å². The minimum Gasteiger partial charge on any atom is -0.368 e. The first kappa shape index (κ1) is 14.5. The lowest BCUT2D eigenvalue weighted by Crippen LogP contribution is -2.55. The molecule has 19 heavy (non-hydrogen) atoms. The number of aryl methyl sites for hydroxylation is 2. The molecule has 6 heteroatoms. The Bertz CT molecular complexity index is 484. The van der Waals surface area contributed by atoms with E-state index >= 15 is 0 Å². The van der Waals surface area contributed by atoms with Crippen molar-refractivity contribution in [2.75, 3.05) is 18.4 Å². The van der Waals surface area contributed by atoms with Gasteiger partial charge in [0.2, 0.25) is 0 Å². The summed E-state index contributed by atoms with van der Waals surface area (Å²) >= 11 is 3.43. The molecule has 0 aliphatic carbocycles. The zero-order chi connectivity index (χ0) is 14.2. The molecule has 5 nitrogen and oxygen atoms in total. The highest BCUT2D eigenvalue weighted by molar-refractivity contribution is 9.09. The van der Waals surface area contributed by atoms with Crippen molar-refractivity contribution in [3.05, 3.63) is 17.5 Å². The molecule has 1 aromatic rings. The van der Waals surface area contributed by atoms with Crippen molar-refractivity contribution in [1.82, 2.24) is 14.7 Å². The predicted molar refractivity (Wildman–Crippen MR) is 76.6 cm³/mol. The topological polar surface area (TPSA) is 47.4 Å². The second-order valence-corrected chi connectivity index (χ2v) is 6.28. The monoisotopic (exact) mass is 329 g/mol. The fourth-order valence-electron chi connectivity index (χ4n) is 2.50. The number of rotatable bonds is 2. The summed E-state index contributed by atoms with van der Waals surface area (Å²) in [5.41, 5.74) is 1.17. The molecule has 1 fully saturated rings. The van der Waals surface area contributed by atoms with Gasteiger partial charge in [0.1, 0.15) is 5.69 Å². The number of carbonyl (C=O) groups excluding carboxylic acids is 1. The third-order valence-corrected chi connectivity index (χ3v) is 3.88. The van der Waals surface area contributed by atoms with Gasteiger partial charge in [0, 0.05) is 25.5 Å². The summed E-state index contributed by atoms with van der Waals surface area (Å²) in [6.45, 7) is 7.12. The van der Waals surface area contributed by atoms with Gasteiger partial charge in [0.15, 0.2) is 0 Å². The van der Waals surface area contributed by atoms with Gasteiger partial charge in [-0.3, -0.25) is 9.48 Å². The normalized spacial score (nSPS) is 22.6. The highest BCUT2D eigenvalue weighted by Gasteiger charge is 2.36. The van der Waals surface area contributed by atoms with Crippen LogP contribution in [0.3, 0.4) is 0 Å². The molecule has 2 rings (SSSR count). The number of nitrogens with zero attached hydrogens (tertiary/aromatic N) is 3. The van der Waals surface area contributed by atoms with Gasteiger partial charge in [-0.05, 0) is 26.8 Å². The van der Waals surface area contributed by atoms with Gasteiger partial charge in [0.25, 0.3) is 5.91 Å². The van der Waals surface area contributed by atoms with Crippen LogP contribution < -0.4 is 0 Å². The average Bonchev–Trinajstić information content (AvgIpc) is 2.65. The molecular weight excluding hydrogens is 310 g/mol. The Morgan fingerprint density at radius 2 is 2.32 bits per heavy atom. The molecule has 0 spiro atoms. The Morgan fingerprint density at radius 1 is 1.63 bits per heavy atom. The molecule has 0 aromatic carbocycles. The quantitative estimate of drug-likeness (QED) is 0.776. The van der Waals surface area contributed by atoms with Gasteiger partial charge in [-0.25, -0.2) is 0 Å². The molecule has 1 unspecified atom stereocenters. The number of halogens is 1. The number of morpholine rings is 1. The van der Waals surface area contributed by atoms with Crippen LogP contribution in [-0.4, -0.2) is 50.7 Å². The van der Waals surface area contributed by atoms with Gasteiger partial charge >= 0.3 is 0 Å². The van der Waals surface area contributed by atoms with Gasteiger partial charge in [0.05, 0.1) is 17.4 Å².